The molecule has 7 rings (SSSR count). The van der Waals surface area contributed by atoms with Crippen LogP contribution in [0, 0.1) is 17.7 Å². The van der Waals surface area contributed by atoms with Crippen LogP contribution in [-0.2, 0) is 12.5 Å². The molecule has 8 nitrogen and oxygen atoms in total. The van der Waals surface area contributed by atoms with Crippen molar-refractivity contribution < 1.29 is 4.39 Å². The lowest BCUT2D eigenvalue weighted by Crippen LogP contribution is -2.32. The maximum atomic E-state index is 14.7. The molecule has 3 atom stereocenters. The molecular formula is C26H24ClFN8. The Hall–Kier alpha value is -3.56. The van der Waals surface area contributed by atoms with Crippen LogP contribution in [0.4, 0.5) is 10.2 Å². The van der Waals surface area contributed by atoms with Gasteiger partial charge in [-0.3, -0.25) is 5.10 Å². The van der Waals surface area contributed by atoms with Gasteiger partial charge < -0.3 is 15.2 Å². The number of aromatic nitrogens is 6. The van der Waals surface area contributed by atoms with E-state index >= 15 is 0 Å². The maximum Gasteiger partial charge on any atom is 0.177 e. The largest absolute Gasteiger partial charge is 0.355 e. The number of H-pyrrole nitrogens is 1. The molecule has 3 aromatic heterocycles. The van der Waals surface area contributed by atoms with Crippen molar-refractivity contribution in [2.45, 2.75) is 11.8 Å². The van der Waals surface area contributed by atoms with Crippen molar-refractivity contribution in [2.75, 3.05) is 24.5 Å². The Labute approximate surface area is 211 Å². The van der Waals surface area contributed by atoms with E-state index < -0.39 is 0 Å². The molecule has 1 saturated carbocycles. The van der Waals surface area contributed by atoms with Gasteiger partial charge in [-0.25, -0.2) is 19.3 Å². The number of hydrogen-bond donors (Lipinski definition) is 2. The normalized spacial score (nSPS) is 23.4. The second-order valence-corrected chi connectivity index (χ2v) is 10.2. The van der Waals surface area contributed by atoms with Crippen molar-refractivity contribution in [1.29, 1.82) is 0 Å². The standard InChI is InChI=1S/C26H24ClFN8/c1-35-13-31-23-19(35)7-6-14(21(23)27)22-24-25(34-33-22)32-20(10-30-24)36-9-8-15-17(11-36)26(15,12-29)16-4-2-3-5-18(16)28/h2-7,10,13,15,17H,8-9,11-12,29H2,1H3,(H,32,33,34)/t15-,17+,26-/m1/s1. The lowest BCUT2D eigenvalue weighted by atomic mass is 9.91. The Morgan fingerprint density at radius 3 is 2.86 bits per heavy atom. The number of piperidine rings is 1. The number of fused-ring (bicyclic) bond motifs is 3. The topological polar surface area (TPSA) is 102 Å². The Bertz CT molecular complexity index is 1640. The third kappa shape index (κ3) is 2.90. The molecule has 3 N–H and O–H groups in total. The SMILES string of the molecule is Cn1cnc2c(Cl)c(-c3n[nH]c4nc(N5CC[C@@H]6[C@H](C5)[C@@]6(CN)c5ccccc5F)cnc34)ccc21. The predicted octanol–water partition coefficient (Wildman–Crippen LogP) is 4.05. The third-order valence-electron chi connectivity index (χ3n) is 8.21. The van der Waals surface area contributed by atoms with Gasteiger partial charge in [0.05, 0.1) is 23.1 Å². The van der Waals surface area contributed by atoms with E-state index in [1.165, 1.54) is 6.07 Å². The number of imidazole rings is 1. The van der Waals surface area contributed by atoms with Crippen LogP contribution in [0.1, 0.15) is 12.0 Å². The zero-order valence-electron chi connectivity index (χ0n) is 19.6. The van der Waals surface area contributed by atoms with E-state index in [4.69, 9.17) is 27.3 Å². The fraction of sp³-hybridized carbons (Fsp3) is 0.308. The number of anilines is 1. The van der Waals surface area contributed by atoms with Crippen LogP contribution in [0.15, 0.2) is 48.9 Å². The summed E-state index contributed by atoms with van der Waals surface area (Å²) < 4.78 is 16.6. The van der Waals surface area contributed by atoms with E-state index in [-0.39, 0.29) is 17.2 Å². The molecule has 1 aliphatic heterocycles. The minimum Gasteiger partial charge on any atom is -0.355 e. The summed E-state index contributed by atoms with van der Waals surface area (Å²) in [6.45, 7) is 2.02. The summed E-state index contributed by atoms with van der Waals surface area (Å²) in [5.74, 6) is 1.27. The molecule has 10 heteroatoms. The summed E-state index contributed by atoms with van der Waals surface area (Å²) in [5, 5.41) is 8.05. The number of hydrogen-bond acceptors (Lipinski definition) is 6. The summed E-state index contributed by atoms with van der Waals surface area (Å²) >= 11 is 6.70. The predicted molar refractivity (Wildman–Crippen MR) is 137 cm³/mol. The fourth-order valence-electron chi connectivity index (χ4n) is 6.32. The molecule has 36 heavy (non-hydrogen) atoms. The van der Waals surface area contributed by atoms with Gasteiger partial charge in [-0.2, -0.15) is 5.10 Å². The van der Waals surface area contributed by atoms with Crippen LogP contribution in [0.2, 0.25) is 5.02 Å². The van der Waals surface area contributed by atoms with Crippen LogP contribution in [0.3, 0.4) is 0 Å². The summed E-state index contributed by atoms with van der Waals surface area (Å²) in [6.07, 6.45) is 4.46. The monoisotopic (exact) mass is 502 g/mol. The molecule has 2 fully saturated rings. The molecule has 182 valence electrons. The minimum atomic E-state index is -0.306. The van der Waals surface area contributed by atoms with Gasteiger partial charge in [0.1, 0.15) is 28.4 Å². The molecule has 1 aliphatic carbocycles. The number of rotatable bonds is 4. The van der Waals surface area contributed by atoms with E-state index in [1.54, 1.807) is 18.6 Å². The lowest BCUT2D eigenvalue weighted by molar-refractivity contribution is 0.533. The molecule has 0 spiro atoms. The second kappa shape index (κ2) is 7.72. The summed E-state index contributed by atoms with van der Waals surface area (Å²) in [5.41, 5.74) is 11.0. The summed E-state index contributed by atoms with van der Waals surface area (Å²) in [4.78, 5) is 16.2. The van der Waals surface area contributed by atoms with Crippen molar-refractivity contribution in [3.05, 3.63) is 65.3 Å². The van der Waals surface area contributed by atoms with E-state index in [2.05, 4.69) is 20.1 Å². The van der Waals surface area contributed by atoms with Crippen LogP contribution in [0.5, 0.6) is 0 Å². The van der Waals surface area contributed by atoms with Crippen molar-refractivity contribution in [1.82, 2.24) is 29.7 Å². The molecule has 2 aliphatic rings. The van der Waals surface area contributed by atoms with Crippen molar-refractivity contribution in [3.63, 3.8) is 0 Å². The van der Waals surface area contributed by atoms with Crippen LogP contribution < -0.4 is 10.6 Å². The Morgan fingerprint density at radius 2 is 2.03 bits per heavy atom. The molecule has 4 heterocycles. The molecule has 5 aromatic rings. The van der Waals surface area contributed by atoms with Gasteiger partial charge in [0, 0.05) is 37.7 Å². The lowest BCUT2D eigenvalue weighted by Gasteiger charge is -2.26. The first-order valence-electron chi connectivity index (χ1n) is 12.0. The summed E-state index contributed by atoms with van der Waals surface area (Å²) in [6, 6.07) is 10.9. The Kier molecular flexibility index (Phi) is 4.65. The number of benzene rings is 2. The number of nitrogens with two attached hydrogens (primary N) is 1. The molecule has 0 amide bonds. The van der Waals surface area contributed by atoms with Gasteiger partial charge in [-0.05, 0) is 42.0 Å². The van der Waals surface area contributed by atoms with Crippen molar-refractivity contribution in [2.24, 2.45) is 24.6 Å². The average Bonchev–Trinajstić information content (AvgIpc) is 3.13. The van der Waals surface area contributed by atoms with Crippen LogP contribution >= 0.6 is 11.6 Å². The third-order valence-corrected chi connectivity index (χ3v) is 8.59. The van der Waals surface area contributed by atoms with Gasteiger partial charge in [0.15, 0.2) is 5.65 Å². The average molecular weight is 503 g/mol. The molecule has 2 aromatic carbocycles. The van der Waals surface area contributed by atoms with Gasteiger partial charge in [0.2, 0.25) is 0 Å². The van der Waals surface area contributed by atoms with E-state index in [0.717, 1.165) is 47.5 Å². The number of halogens is 2. The highest BCUT2D eigenvalue weighted by Crippen LogP contribution is 2.63. The highest BCUT2D eigenvalue weighted by Gasteiger charge is 2.66. The van der Waals surface area contributed by atoms with Crippen LogP contribution in [-0.4, -0.2) is 49.4 Å². The van der Waals surface area contributed by atoms with Gasteiger partial charge in [-0.1, -0.05) is 29.8 Å². The quantitative estimate of drug-likeness (QED) is 0.384. The van der Waals surface area contributed by atoms with E-state index in [9.17, 15) is 4.39 Å². The minimum absolute atomic E-state index is 0.169. The van der Waals surface area contributed by atoms with E-state index in [0.29, 0.717) is 34.3 Å². The highest BCUT2D eigenvalue weighted by molar-refractivity contribution is 6.38. The first-order valence-corrected chi connectivity index (χ1v) is 12.4. The van der Waals surface area contributed by atoms with Crippen molar-refractivity contribution >= 4 is 39.6 Å². The number of aryl methyl sites for hydroxylation is 1. The highest BCUT2D eigenvalue weighted by atomic mass is 35.5. The Balaban J connectivity index is 1.20. The zero-order valence-corrected chi connectivity index (χ0v) is 20.4. The van der Waals surface area contributed by atoms with E-state index in [1.807, 2.05) is 35.9 Å². The zero-order chi connectivity index (χ0) is 24.6. The second-order valence-electron chi connectivity index (χ2n) is 9.82. The maximum absolute atomic E-state index is 14.7. The molecule has 0 unspecified atom stereocenters. The number of aromatic amines is 1. The van der Waals surface area contributed by atoms with Gasteiger partial charge in [-0.15, -0.1) is 0 Å². The molecule has 0 bridgehead atoms. The first-order chi connectivity index (χ1) is 17.5. The first kappa shape index (κ1) is 21.7. The Morgan fingerprint density at radius 1 is 1.17 bits per heavy atom. The summed E-state index contributed by atoms with van der Waals surface area (Å²) in [7, 11) is 1.93. The van der Waals surface area contributed by atoms with Crippen LogP contribution in [0.25, 0.3) is 33.5 Å². The number of nitrogens with zero attached hydrogens (tertiary/aromatic N) is 6. The molecule has 1 saturated heterocycles. The van der Waals surface area contributed by atoms with Gasteiger partial charge in [0.25, 0.3) is 0 Å². The number of nitrogens with one attached hydrogen (secondary N) is 1. The fourth-order valence-corrected chi connectivity index (χ4v) is 6.62. The molecule has 0 radical (unpaired) electrons. The smallest absolute Gasteiger partial charge is 0.177 e. The van der Waals surface area contributed by atoms with Gasteiger partial charge >= 0.3 is 0 Å². The molecular weight excluding hydrogens is 479 g/mol. The van der Waals surface area contributed by atoms with Crippen molar-refractivity contribution in [3.8, 4) is 11.3 Å².